The van der Waals surface area contributed by atoms with E-state index in [-0.39, 0.29) is 17.5 Å². The maximum atomic E-state index is 13.6. The molecule has 1 atom stereocenters. The SMILES string of the molecule is CNc1nc(NC(C)C(=O)NCC(C)C)c(F)cc1F. The zero-order chi connectivity index (χ0) is 15.3. The van der Waals surface area contributed by atoms with Gasteiger partial charge in [-0.1, -0.05) is 13.8 Å². The maximum absolute atomic E-state index is 13.6. The molecule has 1 heterocycles. The van der Waals surface area contributed by atoms with E-state index in [1.54, 1.807) is 6.92 Å². The second-order valence-electron chi connectivity index (χ2n) is 4.90. The molecule has 1 rings (SSSR count). The zero-order valence-corrected chi connectivity index (χ0v) is 12.1. The van der Waals surface area contributed by atoms with Crippen LogP contribution in [0.1, 0.15) is 20.8 Å². The van der Waals surface area contributed by atoms with Crippen LogP contribution in [0.5, 0.6) is 0 Å². The summed E-state index contributed by atoms with van der Waals surface area (Å²) in [7, 11) is 1.48. The molecule has 0 bridgehead atoms. The fraction of sp³-hybridized carbons (Fsp3) is 0.538. The minimum absolute atomic E-state index is 0.0799. The Kier molecular flexibility index (Phi) is 5.66. The highest BCUT2D eigenvalue weighted by Gasteiger charge is 2.17. The van der Waals surface area contributed by atoms with Crippen molar-refractivity contribution >= 4 is 17.5 Å². The van der Waals surface area contributed by atoms with E-state index < -0.39 is 17.7 Å². The minimum atomic E-state index is -0.843. The molecule has 5 nitrogen and oxygen atoms in total. The normalized spacial score (nSPS) is 12.2. The first-order valence-electron chi connectivity index (χ1n) is 6.43. The van der Waals surface area contributed by atoms with Crippen molar-refractivity contribution in [2.45, 2.75) is 26.8 Å². The topological polar surface area (TPSA) is 66.0 Å². The number of anilines is 2. The summed E-state index contributed by atoms with van der Waals surface area (Å²) < 4.78 is 26.8. The van der Waals surface area contributed by atoms with Crippen LogP contribution in [0.2, 0.25) is 0 Å². The van der Waals surface area contributed by atoms with Gasteiger partial charge in [-0.05, 0) is 12.8 Å². The van der Waals surface area contributed by atoms with Crippen molar-refractivity contribution in [3.63, 3.8) is 0 Å². The van der Waals surface area contributed by atoms with E-state index in [9.17, 15) is 13.6 Å². The van der Waals surface area contributed by atoms with Gasteiger partial charge in [0, 0.05) is 19.7 Å². The highest BCUT2D eigenvalue weighted by atomic mass is 19.1. The summed E-state index contributed by atoms with van der Waals surface area (Å²) in [5.74, 6) is -1.82. The second-order valence-corrected chi connectivity index (χ2v) is 4.90. The number of nitrogens with one attached hydrogen (secondary N) is 3. The molecular formula is C13H20F2N4O. The van der Waals surface area contributed by atoms with Crippen LogP contribution in [0, 0.1) is 17.6 Å². The molecule has 20 heavy (non-hydrogen) atoms. The van der Waals surface area contributed by atoms with Gasteiger partial charge in [-0.25, -0.2) is 13.8 Å². The van der Waals surface area contributed by atoms with E-state index in [1.165, 1.54) is 7.05 Å². The van der Waals surface area contributed by atoms with Gasteiger partial charge in [0.25, 0.3) is 0 Å². The lowest BCUT2D eigenvalue weighted by atomic mass is 10.2. The predicted molar refractivity (Wildman–Crippen MR) is 74.6 cm³/mol. The van der Waals surface area contributed by atoms with Crippen molar-refractivity contribution in [2.75, 3.05) is 24.2 Å². The fourth-order valence-corrected chi connectivity index (χ4v) is 1.47. The van der Waals surface area contributed by atoms with Crippen LogP contribution in [0.25, 0.3) is 0 Å². The van der Waals surface area contributed by atoms with Gasteiger partial charge >= 0.3 is 0 Å². The maximum Gasteiger partial charge on any atom is 0.242 e. The number of nitrogens with zero attached hydrogens (tertiary/aromatic N) is 1. The molecule has 0 radical (unpaired) electrons. The molecular weight excluding hydrogens is 266 g/mol. The molecule has 0 saturated carbocycles. The van der Waals surface area contributed by atoms with Crippen LogP contribution in [0.15, 0.2) is 6.07 Å². The molecule has 1 aromatic heterocycles. The average Bonchev–Trinajstić information content (AvgIpc) is 2.38. The first-order valence-corrected chi connectivity index (χ1v) is 6.43. The summed E-state index contributed by atoms with van der Waals surface area (Å²) in [5.41, 5.74) is 0. The third-order valence-electron chi connectivity index (χ3n) is 2.60. The Morgan fingerprint density at radius 1 is 1.25 bits per heavy atom. The van der Waals surface area contributed by atoms with Crippen molar-refractivity contribution in [1.29, 1.82) is 0 Å². The number of carbonyl (C=O) groups excluding carboxylic acids is 1. The molecule has 1 aromatic rings. The molecule has 0 aliphatic rings. The Hall–Kier alpha value is -1.92. The molecule has 0 saturated heterocycles. The van der Waals surface area contributed by atoms with Crippen LogP contribution in [-0.4, -0.2) is 30.5 Å². The van der Waals surface area contributed by atoms with Crippen LogP contribution < -0.4 is 16.0 Å². The Bertz CT molecular complexity index is 480. The molecule has 1 amide bonds. The smallest absolute Gasteiger partial charge is 0.242 e. The molecule has 0 spiro atoms. The van der Waals surface area contributed by atoms with E-state index in [4.69, 9.17) is 0 Å². The number of rotatable bonds is 6. The number of carbonyl (C=O) groups is 1. The highest BCUT2D eigenvalue weighted by Crippen LogP contribution is 2.19. The molecule has 0 fully saturated rings. The van der Waals surface area contributed by atoms with Gasteiger partial charge in [-0.3, -0.25) is 4.79 Å². The van der Waals surface area contributed by atoms with Crippen LogP contribution in [-0.2, 0) is 4.79 Å². The zero-order valence-electron chi connectivity index (χ0n) is 12.1. The van der Waals surface area contributed by atoms with E-state index in [0.29, 0.717) is 12.5 Å². The number of hydrogen-bond donors (Lipinski definition) is 3. The second kappa shape index (κ2) is 7.02. The van der Waals surface area contributed by atoms with E-state index in [2.05, 4.69) is 20.9 Å². The largest absolute Gasteiger partial charge is 0.371 e. The fourth-order valence-electron chi connectivity index (χ4n) is 1.47. The number of pyridine rings is 1. The summed E-state index contributed by atoms with van der Waals surface area (Å²) in [6, 6.07) is 0.0471. The Balaban J connectivity index is 2.75. The summed E-state index contributed by atoms with van der Waals surface area (Å²) in [4.78, 5) is 15.5. The van der Waals surface area contributed by atoms with E-state index in [0.717, 1.165) is 6.07 Å². The van der Waals surface area contributed by atoms with Crippen molar-refractivity contribution in [1.82, 2.24) is 10.3 Å². The summed E-state index contributed by atoms with van der Waals surface area (Å²) in [5, 5.41) is 7.86. The average molecular weight is 286 g/mol. The van der Waals surface area contributed by atoms with Crippen molar-refractivity contribution in [3.05, 3.63) is 17.7 Å². The first-order chi connectivity index (χ1) is 9.35. The molecule has 112 valence electrons. The van der Waals surface area contributed by atoms with Gasteiger partial charge < -0.3 is 16.0 Å². The van der Waals surface area contributed by atoms with Crippen LogP contribution in [0.3, 0.4) is 0 Å². The van der Waals surface area contributed by atoms with E-state index >= 15 is 0 Å². The van der Waals surface area contributed by atoms with E-state index in [1.807, 2.05) is 13.8 Å². The third-order valence-corrected chi connectivity index (χ3v) is 2.60. The molecule has 7 heteroatoms. The van der Waals surface area contributed by atoms with Gasteiger partial charge in [0.2, 0.25) is 5.91 Å². The van der Waals surface area contributed by atoms with Crippen LogP contribution in [0.4, 0.5) is 20.4 Å². The lowest BCUT2D eigenvalue weighted by Gasteiger charge is -2.16. The summed E-state index contributed by atoms with van der Waals surface area (Å²) in [6.45, 7) is 6.06. The molecule has 3 N–H and O–H groups in total. The summed E-state index contributed by atoms with van der Waals surface area (Å²) in [6.07, 6.45) is 0. The number of aromatic nitrogens is 1. The lowest BCUT2D eigenvalue weighted by molar-refractivity contribution is -0.121. The van der Waals surface area contributed by atoms with Gasteiger partial charge in [0.15, 0.2) is 23.3 Å². The molecule has 0 aliphatic heterocycles. The van der Waals surface area contributed by atoms with Gasteiger partial charge in [-0.15, -0.1) is 0 Å². The predicted octanol–water partition coefficient (Wildman–Crippen LogP) is 1.97. The van der Waals surface area contributed by atoms with Crippen molar-refractivity contribution in [3.8, 4) is 0 Å². The lowest BCUT2D eigenvalue weighted by Crippen LogP contribution is -2.39. The molecule has 0 aromatic carbocycles. The standard InChI is InChI=1S/C13H20F2N4O/c1-7(2)6-17-13(20)8(3)18-12-10(15)5-9(14)11(16-4)19-12/h5,7-8H,6H2,1-4H3,(H,17,20)(H2,16,18,19). The number of hydrogen-bond acceptors (Lipinski definition) is 4. The molecule has 1 unspecified atom stereocenters. The van der Waals surface area contributed by atoms with Crippen molar-refractivity contribution in [2.24, 2.45) is 5.92 Å². The summed E-state index contributed by atoms with van der Waals surface area (Å²) >= 11 is 0. The third kappa shape index (κ3) is 4.32. The van der Waals surface area contributed by atoms with Gasteiger partial charge in [0.1, 0.15) is 6.04 Å². The van der Waals surface area contributed by atoms with Crippen LogP contribution >= 0.6 is 0 Å². The Labute approximate surface area is 117 Å². The monoisotopic (exact) mass is 286 g/mol. The quantitative estimate of drug-likeness (QED) is 0.748. The van der Waals surface area contributed by atoms with Gasteiger partial charge in [-0.2, -0.15) is 0 Å². The Morgan fingerprint density at radius 2 is 1.85 bits per heavy atom. The molecule has 0 aliphatic carbocycles. The minimum Gasteiger partial charge on any atom is -0.371 e. The van der Waals surface area contributed by atoms with Gasteiger partial charge in [0.05, 0.1) is 0 Å². The Morgan fingerprint density at radius 3 is 2.40 bits per heavy atom. The number of halogens is 2. The van der Waals surface area contributed by atoms with Crippen molar-refractivity contribution < 1.29 is 13.6 Å². The number of amides is 1. The highest BCUT2D eigenvalue weighted by molar-refractivity contribution is 5.83. The first kappa shape index (κ1) is 16.1.